The molecule has 0 unspecified atom stereocenters. The summed E-state index contributed by atoms with van der Waals surface area (Å²) < 4.78 is 0. The number of piperidine rings is 1. The van der Waals surface area contributed by atoms with E-state index < -0.39 is 11.4 Å². The van der Waals surface area contributed by atoms with E-state index in [1.54, 1.807) is 4.90 Å². The molecule has 4 amide bonds. The van der Waals surface area contributed by atoms with E-state index in [1.165, 1.54) is 0 Å². The van der Waals surface area contributed by atoms with Crippen LogP contribution in [0.5, 0.6) is 0 Å². The highest BCUT2D eigenvalue weighted by Crippen LogP contribution is 2.38. The van der Waals surface area contributed by atoms with Gasteiger partial charge >= 0.3 is 6.03 Å². The Balaban J connectivity index is 2.23. The number of amides is 4. The van der Waals surface area contributed by atoms with Crippen LogP contribution >= 0.6 is 0 Å². The van der Waals surface area contributed by atoms with Gasteiger partial charge in [0.05, 0.1) is 0 Å². The molecule has 0 aromatic heterocycles. The summed E-state index contributed by atoms with van der Waals surface area (Å²) >= 11 is 0. The molecule has 7 heteroatoms. The zero-order valence-electron chi connectivity index (χ0n) is 16.0. The summed E-state index contributed by atoms with van der Waals surface area (Å²) in [6.45, 7) is 10.3. The molecule has 2 aliphatic rings. The van der Waals surface area contributed by atoms with Gasteiger partial charge in [0, 0.05) is 25.7 Å². The fourth-order valence-corrected chi connectivity index (χ4v) is 3.85. The van der Waals surface area contributed by atoms with Crippen molar-refractivity contribution in [3.8, 4) is 0 Å². The van der Waals surface area contributed by atoms with Crippen LogP contribution in [-0.4, -0.2) is 70.3 Å². The zero-order chi connectivity index (χ0) is 18.8. The monoisotopic (exact) mass is 352 g/mol. The molecule has 7 nitrogen and oxygen atoms in total. The third kappa shape index (κ3) is 3.81. The highest BCUT2D eigenvalue weighted by molar-refractivity contribution is 6.09. The van der Waals surface area contributed by atoms with Crippen LogP contribution in [0.4, 0.5) is 4.79 Å². The summed E-state index contributed by atoms with van der Waals surface area (Å²) in [7, 11) is 0. The molecular weight excluding hydrogens is 320 g/mol. The molecule has 2 heterocycles. The summed E-state index contributed by atoms with van der Waals surface area (Å²) in [6, 6.07) is 0.108. The van der Waals surface area contributed by atoms with Crippen molar-refractivity contribution in [2.45, 2.75) is 65.0 Å². The molecule has 0 saturated carbocycles. The molecule has 25 heavy (non-hydrogen) atoms. The average molecular weight is 352 g/mol. The van der Waals surface area contributed by atoms with Crippen molar-refractivity contribution in [1.82, 2.24) is 14.7 Å². The van der Waals surface area contributed by atoms with E-state index in [2.05, 4.69) is 32.6 Å². The second kappa shape index (κ2) is 7.72. The normalized spacial score (nSPS) is 22.3. The molecule has 2 fully saturated rings. The highest BCUT2D eigenvalue weighted by atomic mass is 16.2. The minimum atomic E-state index is -0.800. The SMILES string of the molecule is CC[C@@H](C)N1CCC2(CC1)C(=O)N(CC(N)=O)C(=O)N2CCC(C)C. The second-order valence-corrected chi connectivity index (χ2v) is 7.80. The van der Waals surface area contributed by atoms with Gasteiger partial charge < -0.3 is 15.5 Å². The minimum absolute atomic E-state index is 0.246. The summed E-state index contributed by atoms with van der Waals surface area (Å²) in [4.78, 5) is 42.4. The van der Waals surface area contributed by atoms with Gasteiger partial charge in [-0.05, 0) is 38.5 Å². The number of carbonyl (C=O) groups is 3. The minimum Gasteiger partial charge on any atom is -0.368 e. The van der Waals surface area contributed by atoms with Gasteiger partial charge in [0.2, 0.25) is 5.91 Å². The number of nitrogens with two attached hydrogens (primary N) is 1. The Bertz CT molecular complexity index is 526. The van der Waals surface area contributed by atoms with Gasteiger partial charge in [-0.1, -0.05) is 20.8 Å². The van der Waals surface area contributed by atoms with Gasteiger partial charge in [0.25, 0.3) is 5.91 Å². The summed E-state index contributed by atoms with van der Waals surface area (Å²) in [5.74, 6) is -0.464. The maximum atomic E-state index is 13.1. The van der Waals surface area contributed by atoms with E-state index in [4.69, 9.17) is 5.73 Å². The Morgan fingerprint density at radius 1 is 1.20 bits per heavy atom. The van der Waals surface area contributed by atoms with Crippen LogP contribution in [-0.2, 0) is 9.59 Å². The quantitative estimate of drug-likeness (QED) is 0.702. The lowest BCUT2D eigenvalue weighted by Gasteiger charge is -2.44. The maximum Gasteiger partial charge on any atom is 0.328 e. The van der Waals surface area contributed by atoms with Gasteiger partial charge in [-0.25, -0.2) is 4.79 Å². The Labute approximate surface area is 150 Å². The van der Waals surface area contributed by atoms with Crippen molar-refractivity contribution < 1.29 is 14.4 Å². The Morgan fingerprint density at radius 3 is 2.28 bits per heavy atom. The first kappa shape index (κ1) is 19.7. The van der Waals surface area contributed by atoms with Crippen molar-refractivity contribution in [3.05, 3.63) is 0 Å². The number of hydrogen-bond acceptors (Lipinski definition) is 4. The number of primary amides is 1. The molecular formula is C18H32N4O3. The molecule has 2 saturated heterocycles. The largest absolute Gasteiger partial charge is 0.368 e. The van der Waals surface area contributed by atoms with E-state index in [0.29, 0.717) is 31.3 Å². The fourth-order valence-electron chi connectivity index (χ4n) is 3.85. The third-order valence-corrected chi connectivity index (χ3v) is 5.71. The van der Waals surface area contributed by atoms with E-state index in [1.807, 2.05) is 0 Å². The molecule has 2 aliphatic heterocycles. The standard InChI is InChI=1S/C18H32N4O3/c1-5-14(4)20-10-7-18(8-11-20)16(24)21(12-15(19)23)17(25)22(18)9-6-13(2)3/h13-14H,5-12H2,1-4H3,(H2,19,23)/t14-/m1/s1. The first-order chi connectivity index (χ1) is 11.7. The first-order valence-electron chi connectivity index (χ1n) is 9.38. The van der Waals surface area contributed by atoms with Crippen molar-refractivity contribution in [3.63, 3.8) is 0 Å². The number of hydrogen-bond donors (Lipinski definition) is 1. The molecule has 0 aliphatic carbocycles. The Kier molecular flexibility index (Phi) is 6.08. The van der Waals surface area contributed by atoms with Crippen LogP contribution in [0.15, 0.2) is 0 Å². The Hall–Kier alpha value is -1.63. The zero-order valence-corrected chi connectivity index (χ0v) is 16.0. The average Bonchev–Trinajstić information content (AvgIpc) is 2.74. The molecule has 0 bridgehead atoms. The van der Waals surface area contributed by atoms with Crippen LogP contribution in [0.25, 0.3) is 0 Å². The number of likely N-dealkylation sites (tertiary alicyclic amines) is 1. The predicted octanol–water partition coefficient (Wildman–Crippen LogP) is 1.42. The molecule has 2 rings (SSSR count). The van der Waals surface area contributed by atoms with E-state index >= 15 is 0 Å². The van der Waals surface area contributed by atoms with Gasteiger partial charge in [-0.15, -0.1) is 0 Å². The molecule has 0 aromatic carbocycles. The number of imide groups is 1. The van der Waals surface area contributed by atoms with Crippen LogP contribution in [0, 0.1) is 5.92 Å². The second-order valence-electron chi connectivity index (χ2n) is 7.80. The van der Waals surface area contributed by atoms with Gasteiger partial charge in [-0.3, -0.25) is 14.5 Å². The number of urea groups is 1. The van der Waals surface area contributed by atoms with E-state index in [9.17, 15) is 14.4 Å². The smallest absolute Gasteiger partial charge is 0.328 e. The number of carbonyl (C=O) groups excluding carboxylic acids is 3. The first-order valence-corrected chi connectivity index (χ1v) is 9.38. The van der Waals surface area contributed by atoms with Crippen LogP contribution in [0.1, 0.15) is 53.4 Å². The van der Waals surface area contributed by atoms with Crippen molar-refractivity contribution in [2.75, 3.05) is 26.2 Å². The van der Waals surface area contributed by atoms with Crippen molar-refractivity contribution in [2.24, 2.45) is 11.7 Å². The molecule has 1 atom stereocenters. The predicted molar refractivity (Wildman–Crippen MR) is 95.8 cm³/mol. The fraction of sp³-hybridized carbons (Fsp3) is 0.833. The summed E-state index contributed by atoms with van der Waals surface area (Å²) in [6.07, 6.45) is 3.13. The van der Waals surface area contributed by atoms with E-state index in [0.717, 1.165) is 30.8 Å². The number of rotatable bonds is 7. The van der Waals surface area contributed by atoms with Gasteiger partial charge in [-0.2, -0.15) is 0 Å². The lowest BCUT2D eigenvalue weighted by Crippen LogP contribution is -2.58. The van der Waals surface area contributed by atoms with E-state index in [-0.39, 0.29) is 18.5 Å². The Morgan fingerprint density at radius 2 is 1.80 bits per heavy atom. The summed E-state index contributed by atoms with van der Waals surface area (Å²) in [5, 5.41) is 0. The molecule has 1 spiro atoms. The topological polar surface area (TPSA) is 87.0 Å². The number of nitrogens with zero attached hydrogens (tertiary/aromatic N) is 3. The highest BCUT2D eigenvalue weighted by Gasteiger charge is 2.58. The third-order valence-electron chi connectivity index (χ3n) is 5.71. The summed E-state index contributed by atoms with van der Waals surface area (Å²) in [5.41, 5.74) is 4.45. The maximum absolute atomic E-state index is 13.1. The lowest BCUT2D eigenvalue weighted by atomic mass is 9.85. The van der Waals surface area contributed by atoms with Crippen LogP contribution in [0.2, 0.25) is 0 Å². The van der Waals surface area contributed by atoms with Crippen molar-refractivity contribution in [1.29, 1.82) is 0 Å². The lowest BCUT2D eigenvalue weighted by molar-refractivity contribution is -0.138. The van der Waals surface area contributed by atoms with Crippen molar-refractivity contribution >= 4 is 17.8 Å². The molecule has 0 radical (unpaired) electrons. The molecule has 0 aromatic rings. The molecule has 2 N–H and O–H groups in total. The van der Waals surface area contributed by atoms with Crippen LogP contribution < -0.4 is 5.73 Å². The molecule has 142 valence electrons. The van der Waals surface area contributed by atoms with Gasteiger partial charge in [0.1, 0.15) is 12.1 Å². The van der Waals surface area contributed by atoms with Crippen LogP contribution in [0.3, 0.4) is 0 Å². The van der Waals surface area contributed by atoms with Gasteiger partial charge in [0.15, 0.2) is 0 Å².